The Bertz CT molecular complexity index is 845. The van der Waals surface area contributed by atoms with Crippen LogP contribution in [0.25, 0.3) is 6.08 Å². The van der Waals surface area contributed by atoms with E-state index in [0.29, 0.717) is 11.7 Å². The number of hydrogen-bond donors (Lipinski definition) is 2. The molecule has 31 heavy (non-hydrogen) atoms. The molecular weight excluding hydrogens is 417 g/mol. The third kappa shape index (κ3) is 8.02. The van der Waals surface area contributed by atoms with Crippen LogP contribution in [0.2, 0.25) is 0 Å². The lowest BCUT2D eigenvalue weighted by atomic mass is 10.1. The van der Waals surface area contributed by atoms with E-state index in [2.05, 4.69) is 39.5 Å². The molecule has 11 heteroatoms. The van der Waals surface area contributed by atoms with Crippen LogP contribution in [0.3, 0.4) is 0 Å². The van der Waals surface area contributed by atoms with Gasteiger partial charge in [-0.1, -0.05) is 29.5 Å². The molecule has 2 aromatic rings. The minimum Gasteiger partial charge on any atom is -0.497 e. The molecule has 0 aliphatic carbocycles. The van der Waals surface area contributed by atoms with E-state index in [9.17, 15) is 13.2 Å². The van der Waals surface area contributed by atoms with Gasteiger partial charge in [-0.2, -0.15) is 13.2 Å². The van der Waals surface area contributed by atoms with Crippen molar-refractivity contribution in [3.8, 4) is 5.75 Å². The lowest BCUT2D eigenvalue weighted by Crippen LogP contribution is -2.34. The SMILES string of the molecule is COc1ccc(/C=C/CN2CCC(n3cc(CO)nn3)CC2)cc1.O=C(O)C(F)(F)F. The highest BCUT2D eigenvalue weighted by Crippen LogP contribution is 2.21. The van der Waals surface area contributed by atoms with E-state index in [4.69, 9.17) is 19.7 Å². The highest BCUT2D eigenvalue weighted by molar-refractivity contribution is 5.73. The Morgan fingerprint density at radius 3 is 2.35 bits per heavy atom. The predicted molar refractivity (Wildman–Crippen MR) is 106 cm³/mol. The Hall–Kier alpha value is -2.92. The van der Waals surface area contributed by atoms with E-state index >= 15 is 0 Å². The summed E-state index contributed by atoms with van der Waals surface area (Å²) in [7, 11) is 1.68. The Balaban J connectivity index is 0.000000423. The summed E-state index contributed by atoms with van der Waals surface area (Å²) in [6, 6.07) is 8.46. The molecule has 170 valence electrons. The van der Waals surface area contributed by atoms with E-state index in [1.807, 2.05) is 23.0 Å². The number of carboxylic acids is 1. The number of aliphatic hydroxyl groups is 1. The minimum absolute atomic E-state index is 0.0466. The number of carboxylic acid groups (broad SMARTS) is 1. The van der Waals surface area contributed by atoms with E-state index in [0.717, 1.165) is 38.2 Å². The number of likely N-dealkylation sites (tertiary alicyclic amines) is 1. The van der Waals surface area contributed by atoms with Crippen LogP contribution in [0.1, 0.15) is 30.1 Å². The standard InChI is InChI=1S/C18H24N4O2.C2HF3O2/c1-24-18-6-4-15(5-7-18)3-2-10-21-11-8-17(9-12-21)22-13-16(14-23)19-20-22;3-2(4,5)1(6)7/h2-7,13,17,23H,8-12,14H2,1H3;(H,6,7)/b3-2+;. The van der Waals surface area contributed by atoms with E-state index < -0.39 is 12.1 Å². The molecule has 1 aliphatic heterocycles. The number of piperidine rings is 1. The number of benzene rings is 1. The predicted octanol–water partition coefficient (Wildman–Crippen LogP) is 2.76. The second-order valence-electron chi connectivity index (χ2n) is 6.86. The molecule has 3 rings (SSSR count). The van der Waals surface area contributed by atoms with Gasteiger partial charge >= 0.3 is 12.1 Å². The first-order valence-electron chi connectivity index (χ1n) is 9.57. The average molecular weight is 442 g/mol. The van der Waals surface area contributed by atoms with Crippen molar-refractivity contribution in [2.75, 3.05) is 26.7 Å². The van der Waals surface area contributed by atoms with Gasteiger partial charge in [0.1, 0.15) is 11.4 Å². The molecule has 0 amide bonds. The molecule has 0 atom stereocenters. The van der Waals surface area contributed by atoms with Crippen molar-refractivity contribution in [1.29, 1.82) is 0 Å². The van der Waals surface area contributed by atoms with Crippen molar-refractivity contribution >= 4 is 12.0 Å². The summed E-state index contributed by atoms with van der Waals surface area (Å²) >= 11 is 0. The molecule has 1 aromatic carbocycles. The highest BCUT2D eigenvalue weighted by Gasteiger charge is 2.38. The fraction of sp³-hybridized carbons (Fsp3) is 0.450. The van der Waals surface area contributed by atoms with Gasteiger partial charge in [0.15, 0.2) is 0 Å². The molecule has 8 nitrogen and oxygen atoms in total. The Labute approximate surface area is 177 Å². The third-order valence-electron chi connectivity index (χ3n) is 4.68. The lowest BCUT2D eigenvalue weighted by molar-refractivity contribution is -0.192. The van der Waals surface area contributed by atoms with Crippen LogP contribution in [0, 0.1) is 0 Å². The second-order valence-corrected chi connectivity index (χ2v) is 6.86. The van der Waals surface area contributed by atoms with Gasteiger partial charge in [-0.25, -0.2) is 9.48 Å². The summed E-state index contributed by atoms with van der Waals surface area (Å²) in [5.41, 5.74) is 1.82. The van der Waals surface area contributed by atoms with Crippen LogP contribution in [0.5, 0.6) is 5.75 Å². The van der Waals surface area contributed by atoms with E-state index in [1.165, 1.54) is 5.56 Å². The number of alkyl halides is 3. The maximum Gasteiger partial charge on any atom is 0.490 e. The van der Waals surface area contributed by atoms with Crippen molar-refractivity contribution in [1.82, 2.24) is 19.9 Å². The monoisotopic (exact) mass is 442 g/mol. The van der Waals surface area contributed by atoms with Crippen LogP contribution in [-0.4, -0.2) is 69.0 Å². The van der Waals surface area contributed by atoms with Crippen molar-refractivity contribution in [2.24, 2.45) is 0 Å². The molecule has 1 saturated heterocycles. The fourth-order valence-electron chi connectivity index (χ4n) is 2.98. The van der Waals surface area contributed by atoms with Crippen molar-refractivity contribution in [3.05, 3.63) is 47.8 Å². The molecule has 1 aliphatic rings. The van der Waals surface area contributed by atoms with Crippen molar-refractivity contribution in [2.45, 2.75) is 31.7 Å². The molecule has 0 unspecified atom stereocenters. The molecular formula is C20H25F3N4O4. The summed E-state index contributed by atoms with van der Waals surface area (Å²) in [4.78, 5) is 11.3. The number of aliphatic carboxylic acids is 1. The molecule has 1 aromatic heterocycles. The summed E-state index contributed by atoms with van der Waals surface area (Å²) in [5, 5.41) is 24.3. The number of halogens is 3. The van der Waals surface area contributed by atoms with Gasteiger partial charge in [0.2, 0.25) is 0 Å². The van der Waals surface area contributed by atoms with Crippen LogP contribution >= 0.6 is 0 Å². The number of nitrogens with zero attached hydrogens (tertiary/aromatic N) is 4. The quantitative estimate of drug-likeness (QED) is 0.710. The third-order valence-corrected chi connectivity index (χ3v) is 4.68. The van der Waals surface area contributed by atoms with E-state index in [1.54, 1.807) is 7.11 Å². The Morgan fingerprint density at radius 1 is 1.26 bits per heavy atom. The van der Waals surface area contributed by atoms with Gasteiger partial charge in [-0.3, -0.25) is 4.90 Å². The van der Waals surface area contributed by atoms with Crippen molar-refractivity contribution < 1.29 is 32.9 Å². The number of aliphatic hydroxyl groups excluding tert-OH is 1. The second kappa shape index (κ2) is 11.5. The van der Waals surface area contributed by atoms with Crippen LogP contribution in [0.15, 0.2) is 36.5 Å². The largest absolute Gasteiger partial charge is 0.497 e. The lowest BCUT2D eigenvalue weighted by Gasteiger charge is -2.30. The molecule has 2 N–H and O–H groups in total. The Kier molecular flexibility index (Phi) is 9.01. The first-order chi connectivity index (χ1) is 14.7. The first-order valence-corrected chi connectivity index (χ1v) is 9.57. The summed E-state index contributed by atoms with van der Waals surface area (Å²) in [6.07, 6.45) is 3.25. The number of rotatable bonds is 6. The van der Waals surface area contributed by atoms with Crippen LogP contribution < -0.4 is 4.74 Å². The maximum absolute atomic E-state index is 10.6. The highest BCUT2D eigenvalue weighted by atomic mass is 19.4. The number of ether oxygens (including phenoxy) is 1. The van der Waals surface area contributed by atoms with Crippen LogP contribution in [0.4, 0.5) is 13.2 Å². The van der Waals surface area contributed by atoms with Gasteiger partial charge in [0.25, 0.3) is 0 Å². The minimum atomic E-state index is -5.08. The summed E-state index contributed by atoms with van der Waals surface area (Å²) < 4.78 is 38.8. The number of hydrogen-bond acceptors (Lipinski definition) is 6. The van der Waals surface area contributed by atoms with Gasteiger partial charge in [-0.05, 0) is 30.5 Å². The Morgan fingerprint density at radius 2 is 1.87 bits per heavy atom. The molecule has 0 radical (unpaired) electrons. The average Bonchev–Trinajstić information content (AvgIpc) is 3.24. The topological polar surface area (TPSA) is 101 Å². The zero-order chi connectivity index (χ0) is 22.9. The van der Waals surface area contributed by atoms with Gasteiger partial charge in [0.05, 0.1) is 26.0 Å². The number of carbonyl (C=O) groups is 1. The zero-order valence-corrected chi connectivity index (χ0v) is 17.0. The number of methoxy groups -OCH3 is 1. The van der Waals surface area contributed by atoms with Crippen LogP contribution in [-0.2, 0) is 11.4 Å². The smallest absolute Gasteiger partial charge is 0.490 e. The summed E-state index contributed by atoms with van der Waals surface area (Å²) in [6.45, 7) is 3.00. The molecule has 0 bridgehead atoms. The normalized spacial score (nSPS) is 15.5. The summed E-state index contributed by atoms with van der Waals surface area (Å²) in [5.74, 6) is -1.88. The molecule has 2 heterocycles. The van der Waals surface area contributed by atoms with Crippen molar-refractivity contribution in [3.63, 3.8) is 0 Å². The van der Waals surface area contributed by atoms with E-state index in [-0.39, 0.29) is 6.61 Å². The maximum atomic E-state index is 10.6. The molecule has 1 fully saturated rings. The van der Waals surface area contributed by atoms with Gasteiger partial charge in [0, 0.05) is 19.6 Å². The first kappa shape index (κ1) is 24.4. The molecule has 0 spiro atoms. The van der Waals surface area contributed by atoms with Gasteiger partial charge < -0.3 is 14.9 Å². The number of aromatic nitrogens is 3. The van der Waals surface area contributed by atoms with Gasteiger partial charge in [-0.15, -0.1) is 5.10 Å². The fourth-order valence-corrected chi connectivity index (χ4v) is 2.98. The molecule has 0 saturated carbocycles. The zero-order valence-electron chi connectivity index (χ0n) is 17.0.